The van der Waals surface area contributed by atoms with Crippen LogP contribution < -0.4 is 5.32 Å². The van der Waals surface area contributed by atoms with E-state index in [4.69, 9.17) is 4.52 Å². The van der Waals surface area contributed by atoms with Gasteiger partial charge in [0.2, 0.25) is 5.89 Å². The van der Waals surface area contributed by atoms with Crippen molar-refractivity contribution in [3.8, 4) is 0 Å². The summed E-state index contributed by atoms with van der Waals surface area (Å²) in [5.41, 5.74) is -0.954. The first-order valence-electron chi connectivity index (χ1n) is 6.42. The summed E-state index contributed by atoms with van der Waals surface area (Å²) >= 11 is 0. The third-order valence-corrected chi connectivity index (χ3v) is 2.96. The van der Waals surface area contributed by atoms with Gasteiger partial charge in [-0.05, 0) is 33.2 Å². The zero-order valence-electron chi connectivity index (χ0n) is 11.5. The van der Waals surface area contributed by atoms with Crippen LogP contribution in [0.25, 0.3) is 0 Å². The van der Waals surface area contributed by atoms with Crippen LogP contribution in [0, 0.1) is 0 Å². The minimum atomic E-state index is -0.954. The number of aromatic nitrogens is 2. The maximum absolute atomic E-state index is 12.1. The molecule has 1 amide bonds. The van der Waals surface area contributed by atoms with E-state index in [1.807, 2.05) is 0 Å². The average molecular weight is 268 g/mol. The number of aliphatic hydroxyl groups is 1. The Hall–Kier alpha value is -1.47. The summed E-state index contributed by atoms with van der Waals surface area (Å²) in [6.07, 6.45) is 2.00. The molecule has 1 atom stereocenters. The maximum Gasteiger partial charge on any atom is 0.295 e. The summed E-state index contributed by atoms with van der Waals surface area (Å²) in [6.45, 7) is 4.41. The predicted molar refractivity (Wildman–Crippen MR) is 67.5 cm³/mol. The van der Waals surface area contributed by atoms with Crippen molar-refractivity contribution in [3.05, 3.63) is 11.7 Å². The summed E-state index contributed by atoms with van der Waals surface area (Å²) < 4.78 is 5.12. The van der Waals surface area contributed by atoms with Crippen LogP contribution in [0.5, 0.6) is 0 Å². The third-order valence-electron chi connectivity index (χ3n) is 2.96. The van der Waals surface area contributed by atoms with Crippen LogP contribution in [0.3, 0.4) is 0 Å². The van der Waals surface area contributed by atoms with Gasteiger partial charge < -0.3 is 19.8 Å². The normalized spacial score (nSPS) is 19.7. The van der Waals surface area contributed by atoms with Crippen LogP contribution in [0.2, 0.25) is 0 Å². The van der Waals surface area contributed by atoms with E-state index >= 15 is 0 Å². The largest absolute Gasteiger partial charge is 0.389 e. The fraction of sp³-hybridized carbons (Fsp3) is 0.750. The Labute approximate surface area is 112 Å². The van der Waals surface area contributed by atoms with E-state index in [0.717, 1.165) is 19.4 Å². The molecule has 106 valence electrons. The second-order valence-corrected chi connectivity index (χ2v) is 5.58. The number of hydrogen-bond donors (Lipinski definition) is 2. The Morgan fingerprint density at radius 1 is 1.63 bits per heavy atom. The highest BCUT2D eigenvalue weighted by Gasteiger charge is 2.27. The molecule has 1 saturated heterocycles. The van der Waals surface area contributed by atoms with Gasteiger partial charge in [0.15, 0.2) is 0 Å². The molecule has 1 aliphatic rings. The van der Waals surface area contributed by atoms with Gasteiger partial charge in [0.1, 0.15) is 0 Å². The fourth-order valence-electron chi connectivity index (χ4n) is 2.18. The number of carbonyl (C=O) groups is 1. The van der Waals surface area contributed by atoms with E-state index in [1.165, 1.54) is 4.90 Å². The Morgan fingerprint density at radius 2 is 2.37 bits per heavy atom. The molecular formula is C12H20N4O3. The maximum atomic E-state index is 12.1. The minimum Gasteiger partial charge on any atom is -0.389 e. The second kappa shape index (κ2) is 5.26. The van der Waals surface area contributed by atoms with Gasteiger partial charge in [-0.3, -0.25) is 4.79 Å². The number of amides is 1. The molecule has 1 aliphatic heterocycles. The minimum absolute atomic E-state index is 0.0375. The van der Waals surface area contributed by atoms with Gasteiger partial charge in [-0.1, -0.05) is 5.16 Å². The van der Waals surface area contributed by atoms with E-state index in [-0.39, 0.29) is 24.3 Å². The number of hydrogen-bond acceptors (Lipinski definition) is 6. The zero-order valence-corrected chi connectivity index (χ0v) is 11.5. The highest BCUT2D eigenvalue weighted by Crippen LogP contribution is 2.21. The van der Waals surface area contributed by atoms with E-state index < -0.39 is 5.60 Å². The molecule has 0 spiro atoms. The molecule has 0 radical (unpaired) electrons. The third kappa shape index (κ3) is 3.51. The number of rotatable bonds is 4. The zero-order chi connectivity index (χ0) is 14.0. The van der Waals surface area contributed by atoms with E-state index in [9.17, 15) is 9.90 Å². The van der Waals surface area contributed by atoms with E-state index in [1.54, 1.807) is 20.9 Å². The van der Waals surface area contributed by atoms with Gasteiger partial charge in [-0.2, -0.15) is 4.98 Å². The first kappa shape index (κ1) is 14.0. The molecule has 19 heavy (non-hydrogen) atoms. The SMILES string of the molecule is CN(CC(C)(C)O)C(=O)c1noc(C2CCCN2)n1. The van der Waals surface area contributed by atoms with Crippen molar-refractivity contribution in [1.29, 1.82) is 0 Å². The Balaban J connectivity index is 2.03. The highest BCUT2D eigenvalue weighted by atomic mass is 16.5. The van der Waals surface area contributed by atoms with Crippen LogP contribution in [0.15, 0.2) is 4.52 Å². The van der Waals surface area contributed by atoms with Gasteiger partial charge in [0.25, 0.3) is 11.7 Å². The molecule has 2 rings (SSSR count). The van der Waals surface area contributed by atoms with Crippen molar-refractivity contribution >= 4 is 5.91 Å². The fourth-order valence-corrected chi connectivity index (χ4v) is 2.18. The smallest absolute Gasteiger partial charge is 0.295 e. The molecule has 1 fully saturated rings. The molecule has 0 aliphatic carbocycles. The molecule has 7 nitrogen and oxygen atoms in total. The number of nitrogens with one attached hydrogen (secondary N) is 1. The van der Waals surface area contributed by atoms with E-state index in [2.05, 4.69) is 15.5 Å². The molecule has 0 saturated carbocycles. The Kier molecular flexibility index (Phi) is 3.86. The van der Waals surface area contributed by atoms with Gasteiger partial charge in [-0.25, -0.2) is 0 Å². The lowest BCUT2D eigenvalue weighted by Gasteiger charge is -2.24. The monoisotopic (exact) mass is 268 g/mol. The molecule has 0 bridgehead atoms. The van der Waals surface area contributed by atoms with Crippen molar-refractivity contribution < 1.29 is 14.4 Å². The average Bonchev–Trinajstić information content (AvgIpc) is 2.96. The highest BCUT2D eigenvalue weighted by molar-refractivity contribution is 5.90. The molecule has 2 N–H and O–H groups in total. The first-order chi connectivity index (χ1) is 8.87. The summed E-state index contributed by atoms with van der Waals surface area (Å²) in [7, 11) is 1.60. The lowest BCUT2D eigenvalue weighted by molar-refractivity contribution is 0.0360. The van der Waals surface area contributed by atoms with Crippen LogP contribution in [0.4, 0.5) is 0 Å². The molecule has 0 aromatic carbocycles. The van der Waals surface area contributed by atoms with Crippen molar-refractivity contribution in [3.63, 3.8) is 0 Å². The molecule has 1 aromatic rings. The van der Waals surface area contributed by atoms with Crippen molar-refractivity contribution in [2.24, 2.45) is 0 Å². The number of carbonyl (C=O) groups excluding carboxylic acids is 1. The summed E-state index contributed by atoms with van der Waals surface area (Å²) in [4.78, 5) is 17.6. The topological polar surface area (TPSA) is 91.5 Å². The van der Waals surface area contributed by atoms with Crippen molar-refractivity contribution in [2.75, 3.05) is 20.1 Å². The van der Waals surface area contributed by atoms with Crippen molar-refractivity contribution in [1.82, 2.24) is 20.4 Å². The molecule has 1 aromatic heterocycles. The number of likely N-dealkylation sites (N-methyl/N-ethyl adjacent to an activating group) is 1. The molecular weight excluding hydrogens is 248 g/mol. The van der Waals surface area contributed by atoms with Crippen LogP contribution in [-0.2, 0) is 0 Å². The quantitative estimate of drug-likeness (QED) is 0.818. The van der Waals surface area contributed by atoms with Crippen LogP contribution in [-0.4, -0.2) is 51.8 Å². The van der Waals surface area contributed by atoms with Crippen LogP contribution in [0.1, 0.15) is 49.2 Å². The number of nitrogens with zero attached hydrogens (tertiary/aromatic N) is 3. The summed E-state index contributed by atoms with van der Waals surface area (Å²) in [6, 6.07) is 0.0497. The van der Waals surface area contributed by atoms with E-state index in [0.29, 0.717) is 5.89 Å². The van der Waals surface area contributed by atoms with Crippen LogP contribution >= 0.6 is 0 Å². The molecule has 1 unspecified atom stereocenters. The lowest BCUT2D eigenvalue weighted by atomic mass is 10.1. The standard InChI is InChI=1S/C12H20N4O3/c1-12(2,18)7-16(3)11(17)9-14-10(19-15-9)8-5-4-6-13-8/h8,13,18H,4-7H2,1-3H3. The Morgan fingerprint density at radius 3 is 2.95 bits per heavy atom. The first-order valence-corrected chi connectivity index (χ1v) is 6.42. The van der Waals surface area contributed by atoms with Gasteiger partial charge in [-0.15, -0.1) is 0 Å². The Bertz CT molecular complexity index is 446. The van der Waals surface area contributed by atoms with Gasteiger partial charge >= 0.3 is 0 Å². The second-order valence-electron chi connectivity index (χ2n) is 5.58. The summed E-state index contributed by atoms with van der Waals surface area (Å²) in [5, 5.41) is 16.6. The molecule has 7 heteroatoms. The van der Waals surface area contributed by atoms with Crippen molar-refractivity contribution in [2.45, 2.75) is 38.3 Å². The lowest BCUT2D eigenvalue weighted by Crippen LogP contribution is -2.40. The van der Waals surface area contributed by atoms with Gasteiger partial charge in [0, 0.05) is 13.6 Å². The van der Waals surface area contributed by atoms with Gasteiger partial charge in [0.05, 0.1) is 11.6 Å². The predicted octanol–water partition coefficient (Wildman–Crippen LogP) is 0.337. The molecule has 2 heterocycles. The summed E-state index contributed by atoms with van der Waals surface area (Å²) in [5.74, 6) is 0.142.